The lowest BCUT2D eigenvalue weighted by atomic mass is 10.3. The molecule has 21 heavy (non-hydrogen) atoms. The topological polar surface area (TPSA) is 107 Å². The second kappa shape index (κ2) is 6.31. The van der Waals surface area contributed by atoms with Gasteiger partial charge in [-0.2, -0.15) is 0 Å². The van der Waals surface area contributed by atoms with Gasteiger partial charge in [0.15, 0.2) is 5.76 Å². The van der Waals surface area contributed by atoms with E-state index in [0.717, 1.165) is 4.57 Å². The van der Waals surface area contributed by atoms with Crippen LogP contribution in [0.4, 0.5) is 0 Å². The molecule has 0 saturated carbocycles. The fourth-order valence-corrected chi connectivity index (χ4v) is 1.77. The van der Waals surface area contributed by atoms with Gasteiger partial charge in [-0.3, -0.25) is 9.78 Å². The lowest BCUT2D eigenvalue weighted by Gasteiger charge is -2.06. The Balaban J connectivity index is 2.50. The maximum absolute atomic E-state index is 11.8. The predicted molar refractivity (Wildman–Crippen MR) is 73.3 cm³/mol. The predicted octanol–water partition coefficient (Wildman–Crippen LogP) is 0.412. The van der Waals surface area contributed by atoms with Crippen LogP contribution in [-0.2, 0) is 11.2 Å². The molecule has 2 heterocycles. The van der Waals surface area contributed by atoms with Crippen molar-refractivity contribution >= 4 is 0 Å². The third-order valence-electron chi connectivity index (χ3n) is 2.79. The van der Waals surface area contributed by atoms with E-state index in [1.807, 2.05) is 0 Å². The quantitative estimate of drug-likeness (QED) is 0.748. The molecule has 8 heteroatoms. The summed E-state index contributed by atoms with van der Waals surface area (Å²) in [5, 5.41) is 10.1. The molecule has 0 aromatic carbocycles. The lowest BCUT2D eigenvalue weighted by molar-refractivity contribution is 0.144. The highest BCUT2D eigenvalue weighted by atomic mass is 16.5. The fourth-order valence-electron chi connectivity index (χ4n) is 1.77. The normalized spacial score (nSPS) is 10.8. The van der Waals surface area contributed by atoms with Gasteiger partial charge in [0.05, 0.1) is 6.61 Å². The van der Waals surface area contributed by atoms with Gasteiger partial charge in [0.1, 0.15) is 6.61 Å². The van der Waals surface area contributed by atoms with Crippen LogP contribution < -0.4 is 16.0 Å². The number of aromatic nitrogens is 2. The van der Waals surface area contributed by atoms with Crippen molar-refractivity contribution < 1.29 is 19.0 Å². The molecular formula is C13H16N2O6. The largest absolute Gasteiger partial charge is 0.502 e. The van der Waals surface area contributed by atoms with Gasteiger partial charge in [-0.15, -0.1) is 0 Å². The summed E-state index contributed by atoms with van der Waals surface area (Å²) in [6.45, 7) is 2.28. The van der Waals surface area contributed by atoms with Gasteiger partial charge >= 0.3 is 5.69 Å². The Labute approximate surface area is 119 Å². The molecule has 0 aliphatic rings. The number of aromatic hydroxyl groups is 1. The van der Waals surface area contributed by atoms with Crippen molar-refractivity contribution in [3.05, 3.63) is 38.9 Å². The minimum Gasteiger partial charge on any atom is -0.502 e. The molecule has 2 aromatic heterocycles. The van der Waals surface area contributed by atoms with Crippen molar-refractivity contribution in [2.24, 2.45) is 0 Å². The standard InChI is InChI=1S/C13H16N2O6/c1-3-8-10(17)11(20-7-6-19-2)12(21-8)15-5-4-9(16)14-13(15)18/h4-5,17H,3,6-7H2,1-2H3,(H,14,16,18). The highest BCUT2D eigenvalue weighted by Gasteiger charge is 2.22. The first-order chi connectivity index (χ1) is 10.1. The number of H-pyrrole nitrogens is 1. The van der Waals surface area contributed by atoms with E-state index < -0.39 is 11.2 Å². The Morgan fingerprint density at radius 1 is 1.38 bits per heavy atom. The van der Waals surface area contributed by atoms with Crippen LogP contribution in [-0.4, -0.2) is 35.0 Å². The molecule has 8 nitrogen and oxygen atoms in total. The van der Waals surface area contributed by atoms with Crippen molar-refractivity contribution in [2.45, 2.75) is 13.3 Å². The molecule has 0 radical (unpaired) electrons. The number of methoxy groups -OCH3 is 1. The number of rotatable bonds is 6. The molecular weight excluding hydrogens is 280 g/mol. The number of hydrogen-bond acceptors (Lipinski definition) is 6. The average Bonchev–Trinajstić information content (AvgIpc) is 2.76. The van der Waals surface area contributed by atoms with Crippen molar-refractivity contribution in [1.29, 1.82) is 0 Å². The first-order valence-electron chi connectivity index (χ1n) is 6.37. The van der Waals surface area contributed by atoms with Gasteiger partial charge in [0, 0.05) is 25.8 Å². The van der Waals surface area contributed by atoms with E-state index >= 15 is 0 Å². The molecule has 0 bridgehead atoms. The van der Waals surface area contributed by atoms with E-state index in [9.17, 15) is 14.7 Å². The summed E-state index contributed by atoms with van der Waals surface area (Å²) in [6, 6.07) is 1.17. The SMILES string of the molecule is CCc1oc(-n2ccc(=O)[nH]c2=O)c(OCCOC)c1O. The Kier molecular flexibility index (Phi) is 4.49. The molecule has 0 atom stereocenters. The Hall–Kier alpha value is -2.48. The lowest BCUT2D eigenvalue weighted by Crippen LogP contribution is -2.27. The number of aryl methyl sites for hydroxylation is 1. The first-order valence-corrected chi connectivity index (χ1v) is 6.37. The number of hydrogen-bond donors (Lipinski definition) is 2. The van der Waals surface area contributed by atoms with Crippen molar-refractivity contribution in [3.8, 4) is 17.4 Å². The van der Waals surface area contributed by atoms with Gasteiger partial charge in [0.2, 0.25) is 11.5 Å². The van der Waals surface area contributed by atoms with Gasteiger partial charge in [-0.05, 0) is 0 Å². The Morgan fingerprint density at radius 2 is 2.14 bits per heavy atom. The van der Waals surface area contributed by atoms with Crippen molar-refractivity contribution in [1.82, 2.24) is 9.55 Å². The third kappa shape index (κ3) is 3.00. The van der Waals surface area contributed by atoms with Crippen molar-refractivity contribution in [2.75, 3.05) is 20.3 Å². The van der Waals surface area contributed by atoms with E-state index in [4.69, 9.17) is 13.9 Å². The highest BCUT2D eigenvalue weighted by Crippen LogP contribution is 2.39. The molecule has 2 N–H and O–H groups in total. The van der Waals surface area contributed by atoms with Gasteiger partial charge in [-0.25, -0.2) is 9.36 Å². The summed E-state index contributed by atoms with van der Waals surface area (Å²) in [5.74, 6) is 0.178. The second-order valence-corrected chi connectivity index (χ2v) is 4.18. The van der Waals surface area contributed by atoms with Crippen LogP contribution in [0.3, 0.4) is 0 Å². The summed E-state index contributed by atoms with van der Waals surface area (Å²) in [5.41, 5.74) is -1.21. The molecule has 0 saturated heterocycles. The Morgan fingerprint density at radius 3 is 2.76 bits per heavy atom. The molecule has 114 valence electrons. The molecule has 2 rings (SSSR count). The van der Waals surface area contributed by atoms with Crippen LogP contribution >= 0.6 is 0 Å². The van der Waals surface area contributed by atoms with E-state index in [1.54, 1.807) is 6.92 Å². The molecule has 0 fully saturated rings. The maximum Gasteiger partial charge on any atom is 0.335 e. The zero-order valence-corrected chi connectivity index (χ0v) is 11.7. The summed E-state index contributed by atoms with van der Waals surface area (Å²) >= 11 is 0. The second-order valence-electron chi connectivity index (χ2n) is 4.18. The summed E-state index contributed by atoms with van der Waals surface area (Å²) in [7, 11) is 1.52. The third-order valence-corrected chi connectivity index (χ3v) is 2.79. The number of ether oxygens (including phenoxy) is 2. The van der Waals surface area contributed by atoms with Crippen LogP contribution in [0.25, 0.3) is 5.88 Å². The minimum absolute atomic E-state index is 0.0155. The molecule has 0 aliphatic heterocycles. The van der Waals surface area contributed by atoms with Gasteiger partial charge < -0.3 is 19.0 Å². The van der Waals surface area contributed by atoms with Crippen LogP contribution in [0.2, 0.25) is 0 Å². The zero-order valence-electron chi connectivity index (χ0n) is 11.7. The summed E-state index contributed by atoms with van der Waals surface area (Å²) in [6.07, 6.45) is 1.67. The average molecular weight is 296 g/mol. The van der Waals surface area contributed by atoms with E-state index in [-0.39, 0.29) is 29.8 Å². The highest BCUT2D eigenvalue weighted by molar-refractivity contribution is 5.52. The van der Waals surface area contributed by atoms with Gasteiger partial charge in [0.25, 0.3) is 11.4 Å². The molecule has 0 aliphatic carbocycles. The molecule has 0 unspecified atom stereocenters. The first kappa shape index (κ1) is 14.9. The zero-order chi connectivity index (χ0) is 15.4. The smallest absolute Gasteiger partial charge is 0.335 e. The minimum atomic E-state index is -0.685. The molecule has 0 amide bonds. The Bertz CT molecular complexity index is 727. The monoisotopic (exact) mass is 296 g/mol. The van der Waals surface area contributed by atoms with Crippen LogP contribution in [0.15, 0.2) is 26.3 Å². The number of nitrogens with one attached hydrogen (secondary N) is 1. The van der Waals surface area contributed by atoms with Crippen LogP contribution in [0, 0.1) is 0 Å². The van der Waals surface area contributed by atoms with Crippen LogP contribution in [0.1, 0.15) is 12.7 Å². The fraction of sp³-hybridized carbons (Fsp3) is 0.385. The molecule has 0 spiro atoms. The molecule has 2 aromatic rings. The van der Waals surface area contributed by atoms with E-state index in [2.05, 4.69) is 4.98 Å². The summed E-state index contributed by atoms with van der Waals surface area (Å²) in [4.78, 5) is 25.0. The van der Waals surface area contributed by atoms with E-state index in [0.29, 0.717) is 13.0 Å². The number of aromatic amines is 1. The van der Waals surface area contributed by atoms with Crippen molar-refractivity contribution in [3.63, 3.8) is 0 Å². The van der Waals surface area contributed by atoms with E-state index in [1.165, 1.54) is 19.4 Å². The number of furan rings is 1. The van der Waals surface area contributed by atoms with Crippen LogP contribution in [0.5, 0.6) is 11.5 Å². The maximum atomic E-state index is 11.8. The summed E-state index contributed by atoms with van der Waals surface area (Å²) < 4.78 is 16.8. The number of nitrogens with zero attached hydrogens (tertiary/aromatic N) is 1. The van der Waals surface area contributed by atoms with Gasteiger partial charge in [-0.1, -0.05) is 6.92 Å².